The van der Waals surface area contributed by atoms with Crippen LogP contribution in [-0.4, -0.2) is 18.5 Å². The SMILES string of the molecule is CCC(C)NC(=O)CCNC(C)c1ccc(Br)o1. The molecule has 0 aromatic carbocycles. The van der Waals surface area contributed by atoms with Crippen LogP contribution in [0.5, 0.6) is 0 Å². The van der Waals surface area contributed by atoms with E-state index >= 15 is 0 Å². The normalized spacial score (nSPS) is 14.2. The summed E-state index contributed by atoms with van der Waals surface area (Å²) in [6, 6.07) is 4.13. The molecule has 0 saturated carbocycles. The van der Waals surface area contributed by atoms with E-state index < -0.39 is 0 Å². The van der Waals surface area contributed by atoms with Gasteiger partial charge in [0.2, 0.25) is 5.91 Å². The average molecular weight is 317 g/mol. The van der Waals surface area contributed by atoms with Crippen molar-refractivity contribution in [1.82, 2.24) is 10.6 Å². The van der Waals surface area contributed by atoms with Crippen molar-refractivity contribution in [3.8, 4) is 0 Å². The quantitative estimate of drug-likeness (QED) is 0.813. The van der Waals surface area contributed by atoms with Crippen molar-refractivity contribution in [2.45, 2.75) is 45.7 Å². The molecule has 4 nitrogen and oxygen atoms in total. The molecule has 1 aromatic rings. The third kappa shape index (κ3) is 5.23. The van der Waals surface area contributed by atoms with Crippen molar-refractivity contribution in [2.24, 2.45) is 0 Å². The van der Waals surface area contributed by atoms with Crippen molar-refractivity contribution in [3.05, 3.63) is 22.6 Å². The van der Waals surface area contributed by atoms with E-state index in [0.717, 1.165) is 16.9 Å². The number of nitrogens with one attached hydrogen (secondary N) is 2. The molecule has 0 radical (unpaired) electrons. The number of carbonyl (C=O) groups excluding carboxylic acids is 1. The molecule has 0 fully saturated rings. The van der Waals surface area contributed by atoms with Crippen molar-refractivity contribution >= 4 is 21.8 Å². The molecule has 0 aliphatic rings. The lowest BCUT2D eigenvalue weighted by atomic mass is 10.2. The Morgan fingerprint density at radius 3 is 2.72 bits per heavy atom. The van der Waals surface area contributed by atoms with Gasteiger partial charge in [-0.15, -0.1) is 0 Å². The standard InChI is InChI=1S/C13H21BrN2O2/c1-4-9(2)16-13(17)7-8-15-10(3)11-5-6-12(14)18-11/h5-6,9-10,15H,4,7-8H2,1-3H3,(H,16,17). The number of amides is 1. The lowest BCUT2D eigenvalue weighted by Gasteiger charge is -2.13. The molecule has 18 heavy (non-hydrogen) atoms. The lowest BCUT2D eigenvalue weighted by Crippen LogP contribution is -2.34. The van der Waals surface area contributed by atoms with Crippen LogP contribution in [0.4, 0.5) is 0 Å². The van der Waals surface area contributed by atoms with Gasteiger partial charge in [0.1, 0.15) is 5.76 Å². The van der Waals surface area contributed by atoms with E-state index in [-0.39, 0.29) is 18.0 Å². The fourth-order valence-corrected chi connectivity index (χ4v) is 1.83. The van der Waals surface area contributed by atoms with E-state index in [1.54, 1.807) is 0 Å². The van der Waals surface area contributed by atoms with Crippen LogP contribution in [0.15, 0.2) is 21.2 Å². The van der Waals surface area contributed by atoms with E-state index in [0.29, 0.717) is 13.0 Å². The second-order valence-corrected chi connectivity index (χ2v) is 5.23. The van der Waals surface area contributed by atoms with Gasteiger partial charge in [0, 0.05) is 19.0 Å². The van der Waals surface area contributed by atoms with Crippen molar-refractivity contribution in [2.75, 3.05) is 6.54 Å². The largest absolute Gasteiger partial charge is 0.453 e. The first kappa shape index (κ1) is 15.2. The molecule has 1 amide bonds. The summed E-state index contributed by atoms with van der Waals surface area (Å²) in [5.74, 6) is 0.953. The molecule has 5 heteroatoms. The molecule has 0 saturated heterocycles. The van der Waals surface area contributed by atoms with Gasteiger partial charge in [-0.3, -0.25) is 4.79 Å². The van der Waals surface area contributed by atoms with E-state index in [9.17, 15) is 4.79 Å². The molecule has 0 bridgehead atoms. The second-order valence-electron chi connectivity index (χ2n) is 4.44. The number of hydrogen-bond acceptors (Lipinski definition) is 3. The van der Waals surface area contributed by atoms with E-state index in [2.05, 4.69) is 33.5 Å². The Morgan fingerprint density at radius 1 is 1.44 bits per heavy atom. The summed E-state index contributed by atoms with van der Waals surface area (Å²) in [6.07, 6.45) is 1.44. The third-order valence-electron chi connectivity index (χ3n) is 2.84. The minimum atomic E-state index is 0.0877. The molecular formula is C13H21BrN2O2. The summed E-state index contributed by atoms with van der Waals surface area (Å²) in [5, 5.41) is 6.20. The molecular weight excluding hydrogens is 296 g/mol. The van der Waals surface area contributed by atoms with Gasteiger partial charge in [0.25, 0.3) is 0 Å². The van der Waals surface area contributed by atoms with E-state index in [1.165, 1.54) is 0 Å². The lowest BCUT2D eigenvalue weighted by molar-refractivity contribution is -0.121. The first-order valence-electron chi connectivity index (χ1n) is 6.31. The third-order valence-corrected chi connectivity index (χ3v) is 3.27. The van der Waals surface area contributed by atoms with Gasteiger partial charge < -0.3 is 15.1 Å². The highest BCUT2D eigenvalue weighted by atomic mass is 79.9. The zero-order valence-corrected chi connectivity index (χ0v) is 12.7. The summed E-state index contributed by atoms with van der Waals surface area (Å²) < 4.78 is 6.16. The molecule has 102 valence electrons. The van der Waals surface area contributed by atoms with Crippen LogP contribution in [0.25, 0.3) is 0 Å². The molecule has 1 rings (SSSR count). The smallest absolute Gasteiger partial charge is 0.221 e. The maximum Gasteiger partial charge on any atom is 0.221 e. The Balaban J connectivity index is 2.23. The van der Waals surface area contributed by atoms with Gasteiger partial charge in [0.15, 0.2) is 4.67 Å². The zero-order valence-electron chi connectivity index (χ0n) is 11.1. The number of carbonyl (C=O) groups is 1. The summed E-state index contributed by atoms with van der Waals surface area (Å²) >= 11 is 3.27. The van der Waals surface area contributed by atoms with Crippen LogP contribution < -0.4 is 10.6 Å². The highest BCUT2D eigenvalue weighted by molar-refractivity contribution is 9.10. The molecule has 1 heterocycles. The Morgan fingerprint density at radius 2 is 2.17 bits per heavy atom. The van der Waals surface area contributed by atoms with Gasteiger partial charge in [-0.2, -0.15) is 0 Å². The van der Waals surface area contributed by atoms with Gasteiger partial charge in [-0.05, 0) is 48.3 Å². The number of hydrogen-bond donors (Lipinski definition) is 2. The van der Waals surface area contributed by atoms with Crippen molar-refractivity contribution in [1.29, 1.82) is 0 Å². The molecule has 0 aliphatic heterocycles. The van der Waals surface area contributed by atoms with Crippen LogP contribution in [0.3, 0.4) is 0 Å². The predicted molar refractivity (Wildman–Crippen MR) is 75.3 cm³/mol. The Kier molecular flexibility index (Phi) is 6.43. The topological polar surface area (TPSA) is 54.3 Å². The van der Waals surface area contributed by atoms with Crippen LogP contribution in [-0.2, 0) is 4.79 Å². The van der Waals surface area contributed by atoms with E-state index in [4.69, 9.17) is 4.42 Å². The number of halogens is 1. The molecule has 2 atom stereocenters. The van der Waals surface area contributed by atoms with Gasteiger partial charge in [0.05, 0.1) is 6.04 Å². The summed E-state index contributed by atoms with van der Waals surface area (Å²) in [7, 11) is 0. The van der Waals surface area contributed by atoms with Crippen LogP contribution in [0, 0.1) is 0 Å². The second kappa shape index (κ2) is 7.59. The van der Waals surface area contributed by atoms with Gasteiger partial charge in [-0.1, -0.05) is 6.92 Å². The minimum absolute atomic E-state index is 0.0877. The highest BCUT2D eigenvalue weighted by Crippen LogP contribution is 2.19. The van der Waals surface area contributed by atoms with Crippen molar-refractivity contribution < 1.29 is 9.21 Å². The number of rotatable bonds is 7. The first-order valence-corrected chi connectivity index (χ1v) is 7.10. The van der Waals surface area contributed by atoms with Crippen molar-refractivity contribution in [3.63, 3.8) is 0 Å². The molecule has 2 unspecified atom stereocenters. The first-order chi connectivity index (χ1) is 8.52. The summed E-state index contributed by atoms with van der Waals surface area (Å²) in [6.45, 7) is 6.72. The van der Waals surface area contributed by atoms with Crippen LogP contribution in [0.2, 0.25) is 0 Å². The predicted octanol–water partition coefficient (Wildman–Crippen LogP) is 3.00. The fraction of sp³-hybridized carbons (Fsp3) is 0.615. The van der Waals surface area contributed by atoms with Gasteiger partial charge in [-0.25, -0.2) is 0 Å². The zero-order chi connectivity index (χ0) is 13.5. The fourth-order valence-electron chi connectivity index (χ4n) is 1.51. The Bertz CT molecular complexity index is 379. The molecule has 2 N–H and O–H groups in total. The van der Waals surface area contributed by atoms with Crippen LogP contribution in [0.1, 0.15) is 45.4 Å². The highest BCUT2D eigenvalue weighted by Gasteiger charge is 2.10. The monoisotopic (exact) mass is 316 g/mol. The summed E-state index contributed by atoms with van der Waals surface area (Å²) in [5.41, 5.74) is 0. The van der Waals surface area contributed by atoms with E-state index in [1.807, 2.05) is 26.0 Å². The number of furan rings is 1. The molecule has 1 aromatic heterocycles. The van der Waals surface area contributed by atoms with Gasteiger partial charge >= 0.3 is 0 Å². The maximum atomic E-state index is 11.6. The maximum absolute atomic E-state index is 11.6. The summed E-state index contributed by atoms with van der Waals surface area (Å²) in [4.78, 5) is 11.6. The molecule has 0 spiro atoms. The average Bonchev–Trinajstić information content (AvgIpc) is 2.75. The minimum Gasteiger partial charge on any atom is -0.453 e. The Labute approximate surface area is 117 Å². The molecule has 0 aliphatic carbocycles. The Hall–Kier alpha value is -0.810. The van der Waals surface area contributed by atoms with Crippen LogP contribution >= 0.6 is 15.9 Å².